The maximum atomic E-state index is 12.5. The molecule has 0 aliphatic rings. The smallest absolute Gasteiger partial charge is 0.305 e. The van der Waals surface area contributed by atoms with Crippen molar-refractivity contribution < 1.29 is 14.7 Å². The number of carbonyl (C=O) groups excluding carboxylic acids is 1. The monoisotopic (exact) mass is 306 g/mol. The van der Waals surface area contributed by atoms with Gasteiger partial charge in [0.25, 0.3) is 0 Å². The molecule has 0 bridgehead atoms. The summed E-state index contributed by atoms with van der Waals surface area (Å²) in [7, 11) is 0. The number of nitrogens with zero attached hydrogens (tertiary/aromatic N) is 2. The average molecular weight is 306 g/mol. The molecule has 1 aromatic rings. The molecule has 0 spiro atoms. The molecule has 0 atom stereocenters. The Labute approximate surface area is 132 Å². The fourth-order valence-corrected chi connectivity index (χ4v) is 2.33. The van der Waals surface area contributed by atoms with Gasteiger partial charge in [-0.15, -0.1) is 0 Å². The summed E-state index contributed by atoms with van der Waals surface area (Å²) < 4.78 is 0. The second-order valence-electron chi connectivity index (χ2n) is 5.28. The Morgan fingerprint density at radius 3 is 2.09 bits per heavy atom. The lowest BCUT2D eigenvalue weighted by molar-refractivity contribution is -0.137. The van der Waals surface area contributed by atoms with E-state index in [0.29, 0.717) is 6.54 Å². The van der Waals surface area contributed by atoms with Crippen LogP contribution in [0, 0.1) is 0 Å². The lowest BCUT2D eigenvalue weighted by Gasteiger charge is -2.28. The van der Waals surface area contributed by atoms with Crippen molar-refractivity contribution in [3.63, 3.8) is 0 Å². The molecule has 0 heterocycles. The van der Waals surface area contributed by atoms with Crippen LogP contribution in [-0.2, 0) is 9.59 Å². The first-order valence-electron chi connectivity index (χ1n) is 7.88. The maximum Gasteiger partial charge on any atom is 0.305 e. The molecule has 5 nitrogen and oxygen atoms in total. The fraction of sp³-hybridized carbons (Fsp3) is 0.529. The van der Waals surface area contributed by atoms with Crippen molar-refractivity contribution in [3.8, 4) is 0 Å². The van der Waals surface area contributed by atoms with Gasteiger partial charge in [-0.25, -0.2) is 0 Å². The third kappa shape index (κ3) is 6.16. The molecule has 1 amide bonds. The minimum absolute atomic E-state index is 0.0176. The van der Waals surface area contributed by atoms with Crippen LogP contribution in [0.25, 0.3) is 0 Å². The average Bonchev–Trinajstić information content (AvgIpc) is 2.51. The summed E-state index contributed by atoms with van der Waals surface area (Å²) in [6.07, 6.45) is 1.86. The lowest BCUT2D eigenvalue weighted by atomic mass is 10.2. The fourth-order valence-electron chi connectivity index (χ4n) is 2.33. The van der Waals surface area contributed by atoms with E-state index in [4.69, 9.17) is 5.11 Å². The van der Waals surface area contributed by atoms with E-state index in [9.17, 15) is 9.59 Å². The Morgan fingerprint density at radius 1 is 1.00 bits per heavy atom. The Balaban J connectivity index is 2.78. The molecule has 0 radical (unpaired) electrons. The van der Waals surface area contributed by atoms with Gasteiger partial charge in [0.1, 0.15) is 0 Å². The number of rotatable bonds is 10. The summed E-state index contributed by atoms with van der Waals surface area (Å²) in [6, 6.07) is 9.49. The predicted molar refractivity (Wildman–Crippen MR) is 88.1 cm³/mol. The Bertz CT molecular complexity index is 456. The number of carbonyl (C=O) groups is 2. The maximum absolute atomic E-state index is 12.5. The molecular weight excluding hydrogens is 280 g/mol. The molecule has 0 saturated heterocycles. The van der Waals surface area contributed by atoms with Crippen LogP contribution in [0.4, 0.5) is 5.69 Å². The van der Waals surface area contributed by atoms with Gasteiger partial charge in [-0.2, -0.15) is 0 Å². The van der Waals surface area contributed by atoms with Crippen LogP contribution in [0.2, 0.25) is 0 Å². The first kappa shape index (κ1) is 18.0. The van der Waals surface area contributed by atoms with Crippen molar-refractivity contribution in [2.45, 2.75) is 33.1 Å². The summed E-state index contributed by atoms with van der Waals surface area (Å²) in [5.41, 5.74) is 0.880. The highest BCUT2D eigenvalue weighted by molar-refractivity contribution is 5.81. The molecule has 22 heavy (non-hydrogen) atoms. The van der Waals surface area contributed by atoms with Gasteiger partial charge >= 0.3 is 5.97 Å². The number of benzene rings is 1. The largest absolute Gasteiger partial charge is 0.481 e. The number of amides is 1. The number of para-hydroxylation sites is 1. The number of carboxylic acids is 1. The van der Waals surface area contributed by atoms with Crippen LogP contribution < -0.4 is 4.90 Å². The van der Waals surface area contributed by atoms with E-state index in [1.807, 2.05) is 40.1 Å². The topological polar surface area (TPSA) is 60.9 Å². The summed E-state index contributed by atoms with van der Waals surface area (Å²) in [5.74, 6) is -0.801. The number of carboxylic acid groups (broad SMARTS) is 1. The number of anilines is 1. The highest BCUT2D eigenvalue weighted by atomic mass is 16.4. The van der Waals surface area contributed by atoms with Crippen LogP contribution in [-0.4, -0.2) is 48.1 Å². The molecule has 5 heteroatoms. The van der Waals surface area contributed by atoms with Gasteiger partial charge in [-0.05, 0) is 25.0 Å². The van der Waals surface area contributed by atoms with Crippen LogP contribution in [0.15, 0.2) is 30.3 Å². The standard InChI is InChI=1S/C17H26N2O3/c1-3-11-18(12-4-2)16(20)14-19(13-10-17(21)22)15-8-6-5-7-9-15/h5-9H,3-4,10-14H2,1-2H3,(H,21,22). The van der Waals surface area contributed by atoms with Crippen molar-refractivity contribution in [2.75, 3.05) is 31.1 Å². The van der Waals surface area contributed by atoms with Gasteiger partial charge in [0, 0.05) is 25.3 Å². The molecule has 1 N–H and O–H groups in total. The van der Waals surface area contributed by atoms with Gasteiger partial charge in [-0.1, -0.05) is 32.0 Å². The zero-order chi connectivity index (χ0) is 16.4. The van der Waals surface area contributed by atoms with Gasteiger partial charge in [0.2, 0.25) is 5.91 Å². The van der Waals surface area contributed by atoms with E-state index in [0.717, 1.165) is 31.6 Å². The van der Waals surface area contributed by atoms with E-state index in [2.05, 4.69) is 13.8 Å². The van der Waals surface area contributed by atoms with E-state index in [1.54, 1.807) is 0 Å². The van der Waals surface area contributed by atoms with Gasteiger partial charge in [0.05, 0.1) is 13.0 Å². The second kappa shape index (κ2) is 9.82. The highest BCUT2D eigenvalue weighted by Crippen LogP contribution is 2.14. The summed E-state index contributed by atoms with van der Waals surface area (Å²) in [5, 5.41) is 8.90. The number of hydrogen-bond acceptors (Lipinski definition) is 3. The van der Waals surface area contributed by atoms with Gasteiger partial charge in [-0.3, -0.25) is 9.59 Å². The normalized spacial score (nSPS) is 10.3. The van der Waals surface area contributed by atoms with Crippen molar-refractivity contribution in [1.29, 1.82) is 0 Å². The summed E-state index contributed by atoms with van der Waals surface area (Å²) in [4.78, 5) is 27.0. The minimum atomic E-state index is -0.854. The van der Waals surface area contributed by atoms with Crippen LogP contribution in [0.3, 0.4) is 0 Å². The summed E-state index contributed by atoms with van der Waals surface area (Å²) in [6.45, 7) is 6.14. The molecule has 0 aromatic heterocycles. The molecule has 1 rings (SSSR count). The third-order valence-electron chi connectivity index (χ3n) is 3.38. The lowest BCUT2D eigenvalue weighted by Crippen LogP contribution is -2.42. The quantitative estimate of drug-likeness (QED) is 0.722. The van der Waals surface area contributed by atoms with E-state index in [1.165, 1.54) is 0 Å². The SMILES string of the molecule is CCCN(CCC)C(=O)CN(CCC(=O)O)c1ccccc1. The molecule has 0 unspecified atom stereocenters. The first-order chi connectivity index (χ1) is 10.6. The van der Waals surface area contributed by atoms with Gasteiger partial charge < -0.3 is 14.9 Å². The number of aliphatic carboxylic acids is 1. The van der Waals surface area contributed by atoms with Crippen molar-refractivity contribution in [2.24, 2.45) is 0 Å². The predicted octanol–water partition coefficient (Wildman–Crippen LogP) is 2.62. The van der Waals surface area contributed by atoms with Crippen LogP contribution >= 0.6 is 0 Å². The zero-order valence-corrected chi connectivity index (χ0v) is 13.5. The molecule has 1 aromatic carbocycles. The Hall–Kier alpha value is -2.04. The molecule has 0 aliphatic carbocycles. The van der Waals surface area contributed by atoms with Crippen molar-refractivity contribution in [1.82, 2.24) is 4.90 Å². The third-order valence-corrected chi connectivity index (χ3v) is 3.38. The highest BCUT2D eigenvalue weighted by Gasteiger charge is 2.17. The molecule has 122 valence electrons. The second-order valence-corrected chi connectivity index (χ2v) is 5.28. The van der Waals surface area contributed by atoms with Crippen molar-refractivity contribution in [3.05, 3.63) is 30.3 Å². The summed E-state index contributed by atoms with van der Waals surface area (Å²) >= 11 is 0. The Morgan fingerprint density at radius 2 is 1.59 bits per heavy atom. The zero-order valence-electron chi connectivity index (χ0n) is 13.5. The number of hydrogen-bond donors (Lipinski definition) is 1. The van der Waals surface area contributed by atoms with Crippen LogP contribution in [0.1, 0.15) is 33.1 Å². The molecular formula is C17H26N2O3. The van der Waals surface area contributed by atoms with Crippen molar-refractivity contribution >= 4 is 17.6 Å². The van der Waals surface area contributed by atoms with Gasteiger partial charge in [0.15, 0.2) is 0 Å². The molecule has 0 aliphatic heterocycles. The van der Waals surface area contributed by atoms with E-state index >= 15 is 0 Å². The first-order valence-corrected chi connectivity index (χ1v) is 7.88. The Kier molecular flexibility index (Phi) is 8.04. The minimum Gasteiger partial charge on any atom is -0.481 e. The van der Waals surface area contributed by atoms with E-state index < -0.39 is 5.97 Å². The molecule has 0 saturated carbocycles. The van der Waals surface area contributed by atoms with Crippen LogP contribution in [0.5, 0.6) is 0 Å². The van der Waals surface area contributed by atoms with E-state index in [-0.39, 0.29) is 18.9 Å². The molecule has 0 fully saturated rings.